The number of alkyl halides is 2. The number of anilines is 1. The second-order valence-electron chi connectivity index (χ2n) is 3.74. The van der Waals surface area contributed by atoms with Crippen molar-refractivity contribution in [1.82, 2.24) is 0 Å². The average molecular weight is 276 g/mol. The maximum Gasteiger partial charge on any atom is 0.387 e. The molecule has 0 radical (unpaired) electrons. The Bertz CT molecular complexity index is 443. The summed E-state index contributed by atoms with van der Waals surface area (Å²) in [4.78, 5) is 9.90. The van der Waals surface area contributed by atoms with E-state index in [0.717, 1.165) is 6.07 Å². The minimum Gasteiger partial charge on any atom is -0.432 e. The Morgan fingerprint density at radius 1 is 1.47 bits per heavy atom. The molecule has 106 valence electrons. The van der Waals surface area contributed by atoms with Crippen molar-refractivity contribution in [2.24, 2.45) is 0 Å². The zero-order valence-corrected chi connectivity index (χ0v) is 10.4. The first-order valence-corrected chi connectivity index (χ1v) is 5.44. The van der Waals surface area contributed by atoms with E-state index in [0.29, 0.717) is 6.54 Å². The van der Waals surface area contributed by atoms with Crippen LogP contribution in [0.1, 0.15) is 6.92 Å². The van der Waals surface area contributed by atoms with E-state index in [1.54, 1.807) is 6.92 Å². The lowest BCUT2D eigenvalue weighted by molar-refractivity contribution is -0.385. The summed E-state index contributed by atoms with van der Waals surface area (Å²) in [7, 11) is 1.51. The number of rotatable bonds is 7. The number of halogens is 2. The summed E-state index contributed by atoms with van der Waals surface area (Å²) < 4.78 is 33.8. The molecule has 1 aromatic rings. The van der Waals surface area contributed by atoms with E-state index in [9.17, 15) is 18.9 Å². The first-order chi connectivity index (χ1) is 8.93. The lowest BCUT2D eigenvalue weighted by Crippen LogP contribution is -2.18. The van der Waals surface area contributed by atoms with Gasteiger partial charge in [0.1, 0.15) is 0 Å². The maximum atomic E-state index is 12.3. The lowest BCUT2D eigenvalue weighted by atomic mass is 10.2. The van der Waals surface area contributed by atoms with Crippen molar-refractivity contribution in [3.63, 3.8) is 0 Å². The first-order valence-electron chi connectivity index (χ1n) is 5.44. The number of benzene rings is 1. The Balaban J connectivity index is 2.91. The van der Waals surface area contributed by atoms with Crippen LogP contribution in [0.3, 0.4) is 0 Å². The number of nitrogens with one attached hydrogen (secondary N) is 1. The molecule has 0 aliphatic carbocycles. The van der Waals surface area contributed by atoms with Crippen LogP contribution < -0.4 is 10.1 Å². The second-order valence-corrected chi connectivity index (χ2v) is 3.74. The quantitative estimate of drug-likeness (QED) is 0.612. The third-order valence-electron chi connectivity index (χ3n) is 2.37. The Morgan fingerprint density at radius 3 is 2.68 bits per heavy atom. The van der Waals surface area contributed by atoms with Crippen LogP contribution in [0.5, 0.6) is 5.75 Å². The van der Waals surface area contributed by atoms with E-state index < -0.39 is 11.5 Å². The topological polar surface area (TPSA) is 73.6 Å². The fraction of sp³-hybridized carbons (Fsp3) is 0.455. The smallest absolute Gasteiger partial charge is 0.387 e. The van der Waals surface area contributed by atoms with Gasteiger partial charge in [0.25, 0.3) is 5.69 Å². The third kappa shape index (κ3) is 4.66. The molecule has 0 aromatic heterocycles. The van der Waals surface area contributed by atoms with Crippen LogP contribution in [0.15, 0.2) is 18.2 Å². The lowest BCUT2D eigenvalue weighted by Gasteiger charge is -2.15. The average Bonchev–Trinajstić information content (AvgIpc) is 2.35. The molecule has 1 rings (SSSR count). The summed E-state index contributed by atoms with van der Waals surface area (Å²) in [5.41, 5.74) is -0.0733. The van der Waals surface area contributed by atoms with Crippen molar-refractivity contribution in [3.8, 4) is 5.75 Å². The van der Waals surface area contributed by atoms with Crippen molar-refractivity contribution in [1.29, 1.82) is 0 Å². The number of nitro groups is 1. The standard InChI is InChI=1S/C11H14F2N2O4/c1-7(18-2)6-14-9-4-3-8(15(16)17)5-10(9)19-11(12)13/h3-5,7,11,14H,6H2,1-2H3. The van der Waals surface area contributed by atoms with Gasteiger partial charge in [-0.15, -0.1) is 0 Å². The van der Waals surface area contributed by atoms with Gasteiger partial charge in [0.15, 0.2) is 5.75 Å². The molecule has 19 heavy (non-hydrogen) atoms. The molecule has 0 spiro atoms. The molecule has 1 aromatic carbocycles. The minimum atomic E-state index is -3.05. The summed E-state index contributed by atoms with van der Waals surface area (Å²) in [6.45, 7) is -0.914. The van der Waals surface area contributed by atoms with E-state index in [-0.39, 0.29) is 23.2 Å². The molecule has 0 amide bonds. The van der Waals surface area contributed by atoms with E-state index in [4.69, 9.17) is 4.74 Å². The summed E-state index contributed by atoms with van der Waals surface area (Å²) in [6.07, 6.45) is -0.144. The van der Waals surface area contributed by atoms with Gasteiger partial charge in [0, 0.05) is 19.7 Å². The highest BCUT2D eigenvalue weighted by Crippen LogP contribution is 2.30. The fourth-order valence-corrected chi connectivity index (χ4v) is 1.30. The van der Waals surface area contributed by atoms with Crippen LogP contribution in [0, 0.1) is 10.1 Å². The Labute approximate surface area is 108 Å². The highest BCUT2D eigenvalue weighted by molar-refractivity contribution is 5.60. The highest BCUT2D eigenvalue weighted by atomic mass is 19.3. The molecule has 0 fully saturated rings. The van der Waals surface area contributed by atoms with Gasteiger partial charge < -0.3 is 14.8 Å². The molecule has 1 unspecified atom stereocenters. The molecular formula is C11H14F2N2O4. The minimum absolute atomic E-state index is 0.144. The number of nitrogens with zero attached hydrogens (tertiary/aromatic N) is 1. The fourth-order valence-electron chi connectivity index (χ4n) is 1.30. The first kappa shape index (κ1) is 15.1. The Hall–Kier alpha value is -1.96. The van der Waals surface area contributed by atoms with Gasteiger partial charge in [0.05, 0.1) is 22.8 Å². The zero-order valence-electron chi connectivity index (χ0n) is 10.4. The number of nitro benzene ring substituents is 1. The van der Waals surface area contributed by atoms with Gasteiger partial charge >= 0.3 is 6.61 Å². The van der Waals surface area contributed by atoms with Gasteiger partial charge in [-0.3, -0.25) is 10.1 Å². The number of hydrogen-bond donors (Lipinski definition) is 1. The molecule has 8 heteroatoms. The number of non-ortho nitro benzene ring substituents is 1. The maximum absolute atomic E-state index is 12.3. The Kier molecular flexibility index (Phi) is 5.43. The summed E-state index contributed by atoms with van der Waals surface area (Å²) >= 11 is 0. The van der Waals surface area contributed by atoms with Crippen LogP contribution in [0.25, 0.3) is 0 Å². The van der Waals surface area contributed by atoms with Crippen LogP contribution in [-0.2, 0) is 4.74 Å². The normalized spacial score (nSPS) is 12.3. The molecule has 0 heterocycles. The van der Waals surface area contributed by atoms with Crippen molar-refractivity contribution in [3.05, 3.63) is 28.3 Å². The van der Waals surface area contributed by atoms with Crippen molar-refractivity contribution in [2.75, 3.05) is 19.0 Å². The third-order valence-corrected chi connectivity index (χ3v) is 2.37. The Morgan fingerprint density at radius 2 is 2.16 bits per heavy atom. The number of hydrogen-bond acceptors (Lipinski definition) is 5. The molecule has 0 saturated carbocycles. The van der Waals surface area contributed by atoms with Crippen molar-refractivity contribution >= 4 is 11.4 Å². The van der Waals surface area contributed by atoms with E-state index in [1.165, 1.54) is 19.2 Å². The molecular weight excluding hydrogens is 262 g/mol. The summed E-state index contributed by atoms with van der Waals surface area (Å²) in [5, 5.41) is 13.4. The molecule has 6 nitrogen and oxygen atoms in total. The van der Waals surface area contributed by atoms with E-state index >= 15 is 0 Å². The summed E-state index contributed by atoms with van der Waals surface area (Å²) in [6, 6.07) is 3.47. The SMILES string of the molecule is COC(C)CNc1ccc([N+](=O)[O-])cc1OC(F)F. The number of methoxy groups -OCH3 is 1. The molecule has 0 aliphatic rings. The predicted octanol–water partition coefficient (Wildman–Crippen LogP) is 2.64. The molecule has 0 aliphatic heterocycles. The monoisotopic (exact) mass is 276 g/mol. The summed E-state index contributed by atoms with van der Waals surface area (Å²) in [5.74, 6) is -0.271. The van der Waals surface area contributed by atoms with E-state index in [2.05, 4.69) is 10.1 Å². The van der Waals surface area contributed by atoms with Gasteiger partial charge in [-0.25, -0.2) is 0 Å². The number of ether oxygens (including phenoxy) is 2. The predicted molar refractivity (Wildman–Crippen MR) is 64.7 cm³/mol. The zero-order chi connectivity index (χ0) is 14.4. The van der Waals surface area contributed by atoms with Crippen LogP contribution in [-0.4, -0.2) is 31.3 Å². The van der Waals surface area contributed by atoms with Gasteiger partial charge in [0.2, 0.25) is 0 Å². The molecule has 0 bridgehead atoms. The molecule has 0 saturated heterocycles. The van der Waals surface area contributed by atoms with Crippen LogP contribution in [0.2, 0.25) is 0 Å². The molecule has 1 atom stereocenters. The molecule has 1 N–H and O–H groups in total. The van der Waals surface area contributed by atoms with E-state index in [1.807, 2.05) is 0 Å². The van der Waals surface area contributed by atoms with Gasteiger partial charge in [-0.05, 0) is 13.0 Å². The van der Waals surface area contributed by atoms with Crippen LogP contribution >= 0.6 is 0 Å². The highest BCUT2D eigenvalue weighted by Gasteiger charge is 2.15. The largest absolute Gasteiger partial charge is 0.432 e. The van der Waals surface area contributed by atoms with Crippen molar-refractivity contribution < 1.29 is 23.2 Å². The van der Waals surface area contributed by atoms with Gasteiger partial charge in [-0.1, -0.05) is 0 Å². The van der Waals surface area contributed by atoms with Gasteiger partial charge in [-0.2, -0.15) is 8.78 Å². The van der Waals surface area contributed by atoms with Crippen LogP contribution in [0.4, 0.5) is 20.2 Å². The van der Waals surface area contributed by atoms with Crippen molar-refractivity contribution in [2.45, 2.75) is 19.6 Å². The second kappa shape index (κ2) is 6.83.